The van der Waals surface area contributed by atoms with E-state index in [4.69, 9.17) is 46.7 Å². The molecule has 1 amide bonds. The number of aryl methyl sites for hydroxylation is 1. The lowest BCUT2D eigenvalue weighted by molar-refractivity contribution is 0.0581. The predicted octanol–water partition coefficient (Wildman–Crippen LogP) is 9.46. The Labute approximate surface area is 376 Å². The largest absolute Gasteiger partial charge is 0.493 e. The van der Waals surface area contributed by atoms with Gasteiger partial charge in [-0.2, -0.15) is 0 Å². The molecule has 332 valence electrons. The van der Waals surface area contributed by atoms with Crippen molar-refractivity contribution < 1.29 is 37.0 Å². The van der Waals surface area contributed by atoms with E-state index < -0.39 is 11.6 Å². The van der Waals surface area contributed by atoms with E-state index in [1.807, 2.05) is 6.07 Å². The molecule has 0 spiro atoms. The summed E-state index contributed by atoms with van der Waals surface area (Å²) in [5.74, 6) is 2.43. The number of anilines is 4. The molecule has 19 heteroatoms. The fourth-order valence-corrected chi connectivity index (χ4v) is 7.71. The lowest BCUT2D eigenvalue weighted by Crippen LogP contribution is -2.41. The minimum atomic E-state index is -0.571. The van der Waals surface area contributed by atoms with Gasteiger partial charge in [-0.05, 0) is 69.3 Å². The van der Waals surface area contributed by atoms with Gasteiger partial charge in [0, 0.05) is 54.9 Å². The van der Waals surface area contributed by atoms with Crippen LogP contribution in [0.15, 0.2) is 83.9 Å². The van der Waals surface area contributed by atoms with Crippen molar-refractivity contribution in [3.05, 3.63) is 113 Å². The number of rotatable bonds is 11. The zero-order chi connectivity index (χ0) is 44.7. The van der Waals surface area contributed by atoms with Gasteiger partial charge in [-0.25, -0.2) is 28.7 Å². The van der Waals surface area contributed by atoms with E-state index in [0.29, 0.717) is 93.8 Å². The Morgan fingerprint density at radius 1 is 0.719 bits per heavy atom. The van der Waals surface area contributed by atoms with Gasteiger partial charge in [-0.1, -0.05) is 40.5 Å². The van der Waals surface area contributed by atoms with Crippen LogP contribution in [-0.4, -0.2) is 88.5 Å². The zero-order valence-electron chi connectivity index (χ0n) is 35.0. The van der Waals surface area contributed by atoms with Crippen LogP contribution in [0.2, 0.25) is 10.0 Å². The first-order chi connectivity index (χ1) is 31.1. The average molecular weight is 915 g/mol. The van der Waals surface area contributed by atoms with Gasteiger partial charge < -0.3 is 44.3 Å². The number of halogens is 4. The third-order valence-electron chi connectivity index (χ3n) is 10.7. The van der Waals surface area contributed by atoms with Gasteiger partial charge in [0.2, 0.25) is 0 Å². The number of likely N-dealkylation sites (tertiary alicyclic amines) is 1. The molecule has 3 N–H and O–H groups in total. The third kappa shape index (κ3) is 9.96. The third-order valence-corrected chi connectivity index (χ3v) is 11.3. The van der Waals surface area contributed by atoms with Gasteiger partial charge in [-0.3, -0.25) is 4.79 Å². The first kappa shape index (κ1) is 44.1. The quantitative estimate of drug-likeness (QED) is 0.112. The summed E-state index contributed by atoms with van der Waals surface area (Å²) in [6.07, 6.45) is 5.89. The molecule has 2 aliphatic heterocycles. The molecule has 0 bridgehead atoms. The lowest BCUT2D eigenvalue weighted by Gasteiger charge is -2.32. The maximum atomic E-state index is 14.5. The highest BCUT2D eigenvalue weighted by Crippen LogP contribution is 2.38. The Hall–Kier alpha value is -6.56. The smallest absolute Gasteiger partial charge is 0.276 e. The fraction of sp³-hybridized carbons (Fsp3) is 0.289. The van der Waals surface area contributed by atoms with E-state index in [1.165, 1.54) is 24.8 Å². The van der Waals surface area contributed by atoms with Crippen molar-refractivity contribution in [3.63, 3.8) is 0 Å². The number of benzene rings is 4. The van der Waals surface area contributed by atoms with E-state index in [9.17, 15) is 13.6 Å². The first-order valence-electron chi connectivity index (χ1n) is 20.4. The van der Waals surface area contributed by atoms with Crippen LogP contribution in [0.5, 0.6) is 23.0 Å². The molecule has 2 saturated heterocycles. The van der Waals surface area contributed by atoms with Gasteiger partial charge >= 0.3 is 0 Å². The SMILES string of the molecule is COc1cc2ncnc(Nc3cccc(Cl)c3F)c2cc1OC1CCN(C(=O)c2cc(C)on2)CC1.COc1cc2ncnc(Nc3cccc(Cl)c3F)c2cc1OC1CCNCC1. The van der Waals surface area contributed by atoms with Crippen molar-refractivity contribution in [2.45, 2.75) is 44.8 Å². The number of nitrogens with zero attached hydrogens (tertiary/aromatic N) is 6. The molecule has 3 aromatic heterocycles. The number of methoxy groups -OCH3 is 2. The molecular weight excluding hydrogens is 871 g/mol. The Balaban J connectivity index is 0.000000181. The molecule has 0 unspecified atom stereocenters. The van der Waals surface area contributed by atoms with Crippen LogP contribution < -0.4 is 34.9 Å². The van der Waals surface area contributed by atoms with Crippen LogP contribution >= 0.6 is 23.2 Å². The van der Waals surface area contributed by atoms with Crippen molar-refractivity contribution in [3.8, 4) is 23.0 Å². The molecule has 0 saturated carbocycles. The number of piperidine rings is 2. The van der Waals surface area contributed by atoms with E-state index in [2.05, 4.69) is 41.0 Å². The summed E-state index contributed by atoms with van der Waals surface area (Å²) in [4.78, 5) is 31.6. The monoisotopic (exact) mass is 913 g/mol. The maximum absolute atomic E-state index is 14.5. The average Bonchev–Trinajstić information content (AvgIpc) is 3.76. The molecule has 15 nitrogen and oxygen atoms in total. The number of hydrogen-bond acceptors (Lipinski definition) is 14. The molecule has 2 fully saturated rings. The van der Waals surface area contributed by atoms with Crippen molar-refractivity contribution in [1.29, 1.82) is 0 Å². The fourth-order valence-electron chi connectivity index (χ4n) is 7.36. The molecule has 4 aromatic carbocycles. The summed E-state index contributed by atoms with van der Waals surface area (Å²) in [6, 6.07) is 18.3. The highest BCUT2D eigenvalue weighted by Gasteiger charge is 2.28. The van der Waals surface area contributed by atoms with E-state index in [-0.39, 0.29) is 39.5 Å². The van der Waals surface area contributed by atoms with E-state index in [0.717, 1.165) is 25.9 Å². The number of aromatic nitrogens is 5. The van der Waals surface area contributed by atoms with Crippen LogP contribution in [0.4, 0.5) is 31.8 Å². The van der Waals surface area contributed by atoms with Crippen LogP contribution in [0, 0.1) is 18.6 Å². The van der Waals surface area contributed by atoms with Crippen LogP contribution in [0.1, 0.15) is 41.9 Å². The number of hydrogen-bond donors (Lipinski definition) is 3. The lowest BCUT2D eigenvalue weighted by atomic mass is 10.1. The van der Waals surface area contributed by atoms with Crippen molar-refractivity contribution in [2.75, 3.05) is 51.0 Å². The minimum Gasteiger partial charge on any atom is -0.493 e. The van der Waals surface area contributed by atoms with Gasteiger partial charge in [0.1, 0.15) is 42.3 Å². The maximum Gasteiger partial charge on any atom is 0.276 e. The highest BCUT2D eigenvalue weighted by molar-refractivity contribution is 6.31. The van der Waals surface area contributed by atoms with Crippen LogP contribution in [0.3, 0.4) is 0 Å². The van der Waals surface area contributed by atoms with E-state index in [1.54, 1.807) is 74.6 Å². The highest BCUT2D eigenvalue weighted by atomic mass is 35.5. The molecule has 5 heterocycles. The molecule has 0 radical (unpaired) electrons. The summed E-state index contributed by atoms with van der Waals surface area (Å²) < 4.78 is 57.3. The van der Waals surface area contributed by atoms with Gasteiger partial charge in [0.05, 0.1) is 46.7 Å². The summed E-state index contributed by atoms with van der Waals surface area (Å²) in [5, 5.41) is 14.5. The molecular formula is C45H43Cl2F2N9O6. The first-order valence-corrected chi connectivity index (χ1v) is 21.2. The normalized spacial score (nSPS) is 14.5. The Kier molecular flexibility index (Phi) is 13.7. The number of nitrogens with one attached hydrogen (secondary N) is 3. The van der Waals surface area contributed by atoms with Crippen LogP contribution in [-0.2, 0) is 0 Å². The molecule has 9 rings (SSSR count). The molecule has 0 aliphatic carbocycles. The number of fused-ring (bicyclic) bond motifs is 2. The molecule has 7 aromatic rings. The number of ether oxygens (including phenoxy) is 4. The summed E-state index contributed by atoms with van der Waals surface area (Å²) in [6.45, 7) is 4.64. The zero-order valence-corrected chi connectivity index (χ0v) is 36.5. The number of carbonyl (C=O) groups excluding carboxylic acids is 1. The van der Waals surface area contributed by atoms with Crippen LogP contribution in [0.25, 0.3) is 21.8 Å². The van der Waals surface area contributed by atoms with Crippen molar-refractivity contribution in [1.82, 2.24) is 35.3 Å². The Bertz CT molecular complexity index is 2790. The second kappa shape index (κ2) is 19.9. The van der Waals surface area contributed by atoms with Crippen molar-refractivity contribution >= 4 is 73.9 Å². The second-order valence-corrected chi connectivity index (χ2v) is 15.8. The summed E-state index contributed by atoms with van der Waals surface area (Å²) >= 11 is 11.8. The topological polar surface area (TPSA) is 171 Å². The minimum absolute atomic E-state index is 0.00700. The number of amides is 1. The van der Waals surface area contributed by atoms with Gasteiger partial charge in [0.15, 0.2) is 40.3 Å². The van der Waals surface area contributed by atoms with Crippen molar-refractivity contribution in [2.24, 2.45) is 0 Å². The second-order valence-electron chi connectivity index (χ2n) is 14.9. The molecule has 0 atom stereocenters. The number of carbonyl (C=O) groups is 1. The Morgan fingerprint density at radius 3 is 1.69 bits per heavy atom. The van der Waals surface area contributed by atoms with E-state index >= 15 is 0 Å². The molecule has 64 heavy (non-hydrogen) atoms. The summed E-state index contributed by atoms with van der Waals surface area (Å²) in [7, 11) is 3.15. The Morgan fingerprint density at radius 2 is 1.22 bits per heavy atom. The molecule has 2 aliphatic rings. The predicted molar refractivity (Wildman–Crippen MR) is 239 cm³/mol. The summed E-state index contributed by atoms with van der Waals surface area (Å²) in [5.41, 5.74) is 2.00. The van der Waals surface area contributed by atoms with Gasteiger partial charge in [0.25, 0.3) is 5.91 Å². The standard InChI is InChI=1S/C25H23ClFN5O4.C20H20ClFN4O2/c1-14-10-20(31-36-14)25(33)32-8-6-15(7-9-32)35-22-11-16-19(12-21(22)34-2)28-13-29-24(16)30-18-5-3-4-17(26)23(18)27;1-27-17-10-16-13(9-18(17)28-12-5-7-23-8-6-12)20(25-11-24-16)26-15-4-2-3-14(21)19(15)22/h3-5,10-13,15H,6-9H2,1-2H3,(H,28,29,30);2-4,9-12,23H,5-8H2,1H3,(H,24,25,26). The van der Waals surface area contributed by atoms with Gasteiger partial charge in [-0.15, -0.1) is 0 Å².